The third-order valence-corrected chi connectivity index (χ3v) is 3.97. The van der Waals surface area contributed by atoms with Crippen LogP contribution in [-0.4, -0.2) is 30.9 Å². The van der Waals surface area contributed by atoms with Crippen LogP contribution in [0.25, 0.3) is 0 Å². The molecule has 27 heavy (non-hydrogen) atoms. The zero-order valence-corrected chi connectivity index (χ0v) is 15.8. The van der Waals surface area contributed by atoms with Gasteiger partial charge in [0.25, 0.3) is 5.91 Å². The smallest absolute Gasteiger partial charge is 0.275 e. The number of carbonyl (C=O) groups is 1. The molecule has 0 heterocycles. The number of unbranched alkanes of at least 4 members (excludes halogenated alkanes) is 3. The molecule has 0 spiro atoms. The predicted molar refractivity (Wildman–Crippen MR) is 106 cm³/mol. The maximum atomic E-state index is 12.0. The third kappa shape index (κ3) is 6.33. The Bertz CT molecular complexity index is 775. The fourth-order valence-corrected chi connectivity index (χ4v) is 2.49. The number of para-hydroxylation sites is 1. The fourth-order valence-electron chi connectivity index (χ4n) is 2.49. The van der Waals surface area contributed by atoms with Crippen molar-refractivity contribution in [2.75, 3.05) is 13.7 Å². The van der Waals surface area contributed by atoms with E-state index in [2.05, 4.69) is 17.5 Å². The number of rotatable bonds is 10. The largest absolute Gasteiger partial charge is 0.507 e. The van der Waals surface area contributed by atoms with E-state index < -0.39 is 5.91 Å². The van der Waals surface area contributed by atoms with Crippen molar-refractivity contribution in [2.24, 2.45) is 5.10 Å². The number of aromatic hydroxyl groups is 1. The fraction of sp³-hybridized carbons (Fsp3) is 0.333. The van der Waals surface area contributed by atoms with Crippen molar-refractivity contribution in [3.63, 3.8) is 0 Å². The number of carbonyl (C=O) groups excluding carboxylic acids is 1. The molecule has 0 fully saturated rings. The number of methoxy groups -OCH3 is 1. The van der Waals surface area contributed by atoms with Crippen molar-refractivity contribution in [3.05, 3.63) is 53.6 Å². The highest BCUT2D eigenvalue weighted by Crippen LogP contribution is 2.27. The maximum absolute atomic E-state index is 12.0. The molecule has 2 aromatic rings. The first-order valence-corrected chi connectivity index (χ1v) is 9.08. The summed E-state index contributed by atoms with van der Waals surface area (Å²) in [4.78, 5) is 12.0. The molecule has 0 aliphatic carbocycles. The van der Waals surface area contributed by atoms with Gasteiger partial charge < -0.3 is 14.6 Å². The summed E-state index contributed by atoms with van der Waals surface area (Å²) in [6, 6.07) is 11.7. The van der Waals surface area contributed by atoms with Gasteiger partial charge in [-0.25, -0.2) is 5.43 Å². The first kappa shape index (κ1) is 20.3. The Kier molecular flexibility index (Phi) is 8.16. The molecule has 6 heteroatoms. The summed E-state index contributed by atoms with van der Waals surface area (Å²) >= 11 is 0. The van der Waals surface area contributed by atoms with Crippen molar-refractivity contribution < 1.29 is 19.4 Å². The molecule has 2 rings (SSSR count). The van der Waals surface area contributed by atoms with Gasteiger partial charge in [0.2, 0.25) is 0 Å². The van der Waals surface area contributed by atoms with E-state index in [1.807, 2.05) is 12.1 Å². The molecule has 2 aromatic carbocycles. The first-order chi connectivity index (χ1) is 13.2. The van der Waals surface area contributed by atoms with Gasteiger partial charge in [0, 0.05) is 0 Å². The van der Waals surface area contributed by atoms with Gasteiger partial charge in [-0.1, -0.05) is 38.3 Å². The van der Waals surface area contributed by atoms with E-state index in [1.54, 1.807) is 25.3 Å². The Labute approximate surface area is 159 Å². The van der Waals surface area contributed by atoms with Gasteiger partial charge in [-0.3, -0.25) is 4.79 Å². The monoisotopic (exact) mass is 370 g/mol. The van der Waals surface area contributed by atoms with E-state index in [9.17, 15) is 9.90 Å². The number of amides is 1. The van der Waals surface area contributed by atoms with Crippen molar-refractivity contribution in [3.8, 4) is 17.2 Å². The number of ether oxygens (including phenoxy) is 2. The number of phenols is 1. The second kappa shape index (κ2) is 10.9. The summed E-state index contributed by atoms with van der Waals surface area (Å²) in [7, 11) is 1.58. The summed E-state index contributed by atoms with van der Waals surface area (Å²) in [5, 5.41) is 13.6. The Morgan fingerprint density at radius 3 is 2.70 bits per heavy atom. The van der Waals surface area contributed by atoms with E-state index in [1.165, 1.54) is 31.2 Å². The molecule has 0 aliphatic heterocycles. The Morgan fingerprint density at radius 2 is 1.96 bits per heavy atom. The molecule has 6 nitrogen and oxygen atoms in total. The van der Waals surface area contributed by atoms with Crippen LogP contribution < -0.4 is 14.9 Å². The molecule has 0 saturated carbocycles. The zero-order chi connectivity index (χ0) is 19.5. The third-order valence-electron chi connectivity index (χ3n) is 3.97. The van der Waals surface area contributed by atoms with Crippen LogP contribution >= 0.6 is 0 Å². The number of nitrogens with one attached hydrogen (secondary N) is 1. The minimum atomic E-state index is -0.483. The summed E-state index contributed by atoms with van der Waals surface area (Å²) in [5.74, 6) is 0.724. The van der Waals surface area contributed by atoms with E-state index in [0.717, 1.165) is 18.4 Å². The molecular weight excluding hydrogens is 344 g/mol. The average molecular weight is 370 g/mol. The molecule has 0 saturated heterocycles. The lowest BCUT2D eigenvalue weighted by Gasteiger charge is -2.11. The molecule has 144 valence electrons. The van der Waals surface area contributed by atoms with E-state index in [-0.39, 0.29) is 11.3 Å². The number of hydrogen-bond acceptors (Lipinski definition) is 5. The van der Waals surface area contributed by atoms with Crippen LogP contribution in [0.4, 0.5) is 0 Å². The van der Waals surface area contributed by atoms with Crippen LogP contribution in [0.2, 0.25) is 0 Å². The molecule has 0 unspecified atom stereocenters. The highest BCUT2D eigenvalue weighted by molar-refractivity contribution is 5.97. The highest BCUT2D eigenvalue weighted by atomic mass is 16.5. The van der Waals surface area contributed by atoms with Gasteiger partial charge in [0.05, 0.1) is 25.5 Å². The maximum Gasteiger partial charge on any atom is 0.275 e. The summed E-state index contributed by atoms with van der Waals surface area (Å²) < 4.78 is 11.1. The SMILES string of the molecule is CCCCCCOc1ccc(/C=N\NC(=O)c2ccccc2O)cc1OC. The first-order valence-electron chi connectivity index (χ1n) is 9.08. The minimum absolute atomic E-state index is 0.0905. The van der Waals surface area contributed by atoms with Crippen LogP contribution in [0.5, 0.6) is 17.2 Å². The topological polar surface area (TPSA) is 80.2 Å². The predicted octanol–water partition coefficient (Wildman–Crippen LogP) is 4.12. The molecule has 0 aromatic heterocycles. The zero-order valence-electron chi connectivity index (χ0n) is 15.8. The Hall–Kier alpha value is -3.02. The molecule has 0 aliphatic rings. The van der Waals surface area contributed by atoms with E-state index in [0.29, 0.717) is 18.1 Å². The summed E-state index contributed by atoms with van der Waals surface area (Å²) in [6.45, 7) is 2.83. The van der Waals surface area contributed by atoms with E-state index in [4.69, 9.17) is 9.47 Å². The van der Waals surface area contributed by atoms with Gasteiger partial charge in [-0.15, -0.1) is 0 Å². The molecule has 0 radical (unpaired) electrons. The van der Waals surface area contributed by atoms with Gasteiger partial charge >= 0.3 is 0 Å². The number of benzene rings is 2. The molecule has 1 amide bonds. The van der Waals surface area contributed by atoms with Crippen molar-refractivity contribution in [2.45, 2.75) is 32.6 Å². The van der Waals surface area contributed by atoms with Crippen molar-refractivity contribution in [1.29, 1.82) is 0 Å². The Balaban J connectivity index is 1.93. The van der Waals surface area contributed by atoms with Crippen LogP contribution in [-0.2, 0) is 0 Å². The van der Waals surface area contributed by atoms with Gasteiger partial charge in [-0.2, -0.15) is 5.10 Å². The molecule has 0 bridgehead atoms. The van der Waals surface area contributed by atoms with Crippen LogP contribution in [0.3, 0.4) is 0 Å². The second-order valence-corrected chi connectivity index (χ2v) is 6.04. The lowest BCUT2D eigenvalue weighted by molar-refractivity contribution is 0.0952. The van der Waals surface area contributed by atoms with Crippen molar-refractivity contribution in [1.82, 2.24) is 5.43 Å². The van der Waals surface area contributed by atoms with Crippen LogP contribution in [0.1, 0.15) is 48.5 Å². The molecule has 0 atom stereocenters. The molecule has 2 N–H and O–H groups in total. The average Bonchev–Trinajstić information content (AvgIpc) is 2.68. The number of hydrogen-bond donors (Lipinski definition) is 2. The summed E-state index contributed by atoms with van der Waals surface area (Å²) in [5.41, 5.74) is 3.31. The van der Waals surface area contributed by atoms with Gasteiger partial charge in [0.1, 0.15) is 5.75 Å². The van der Waals surface area contributed by atoms with Gasteiger partial charge in [-0.05, 0) is 42.3 Å². The number of phenolic OH excluding ortho intramolecular Hbond substituents is 1. The normalized spacial score (nSPS) is 10.7. The lowest BCUT2D eigenvalue weighted by atomic mass is 10.2. The standard InChI is InChI=1S/C21H26N2O4/c1-3-4-5-8-13-27-19-12-11-16(14-20(19)26-2)15-22-23-21(25)17-9-6-7-10-18(17)24/h6-7,9-12,14-15,24H,3-5,8,13H2,1-2H3,(H,23,25)/b22-15-. The lowest BCUT2D eigenvalue weighted by Crippen LogP contribution is -2.17. The van der Waals surface area contributed by atoms with Crippen LogP contribution in [0.15, 0.2) is 47.6 Å². The Morgan fingerprint density at radius 1 is 1.15 bits per heavy atom. The van der Waals surface area contributed by atoms with E-state index >= 15 is 0 Å². The van der Waals surface area contributed by atoms with Crippen LogP contribution in [0, 0.1) is 0 Å². The van der Waals surface area contributed by atoms with Gasteiger partial charge in [0.15, 0.2) is 11.5 Å². The quantitative estimate of drug-likeness (QED) is 0.374. The molecular formula is C21H26N2O4. The highest BCUT2D eigenvalue weighted by Gasteiger charge is 2.09. The minimum Gasteiger partial charge on any atom is -0.507 e. The van der Waals surface area contributed by atoms with Crippen molar-refractivity contribution >= 4 is 12.1 Å². The number of nitrogens with zero attached hydrogens (tertiary/aromatic N) is 1. The second-order valence-electron chi connectivity index (χ2n) is 6.04. The number of hydrazone groups is 1. The summed E-state index contributed by atoms with van der Waals surface area (Å²) in [6.07, 6.45) is 6.07.